The van der Waals surface area contributed by atoms with Crippen molar-refractivity contribution in [1.29, 1.82) is 0 Å². The minimum absolute atomic E-state index is 0.291. The smallest absolute Gasteiger partial charge is 0.259 e. The van der Waals surface area contributed by atoms with Crippen LogP contribution in [0.25, 0.3) is 0 Å². The highest BCUT2D eigenvalue weighted by molar-refractivity contribution is 6.09. The maximum absolute atomic E-state index is 13.1. The van der Waals surface area contributed by atoms with Crippen molar-refractivity contribution in [2.45, 2.75) is 12.8 Å². The molecule has 5 rings (SSSR count). The molecule has 0 spiro atoms. The number of amides is 2. The van der Waals surface area contributed by atoms with Crippen molar-refractivity contribution in [3.63, 3.8) is 0 Å². The molecule has 1 aromatic heterocycles. The molecule has 7 heteroatoms. The standard InChI is InChI=1S/C28H23N3O4/c1-34-22-10-6-17(7-11-22)14-21-9-5-18(16-30-21)13-19-3-2-4-25-26(19)28(33)31-23-15-20(27(29)32)8-12-24(23)35-25/h2-12,15-16H,13-14H2,1H3,(H2,29,32)(H,31,33). The van der Waals surface area contributed by atoms with Crippen LogP contribution in [-0.4, -0.2) is 23.9 Å². The molecule has 3 aromatic carbocycles. The number of ether oxygens (including phenoxy) is 2. The molecule has 0 radical (unpaired) electrons. The number of benzene rings is 3. The van der Waals surface area contributed by atoms with Gasteiger partial charge in [-0.3, -0.25) is 14.6 Å². The Morgan fingerprint density at radius 2 is 1.77 bits per heavy atom. The third-order valence-electron chi connectivity index (χ3n) is 5.90. The summed E-state index contributed by atoms with van der Waals surface area (Å²) in [7, 11) is 1.65. The average Bonchev–Trinajstić information content (AvgIpc) is 3.01. The number of hydrogen-bond donors (Lipinski definition) is 2. The van der Waals surface area contributed by atoms with E-state index in [2.05, 4.69) is 10.3 Å². The van der Waals surface area contributed by atoms with Crippen molar-refractivity contribution < 1.29 is 19.1 Å². The van der Waals surface area contributed by atoms with E-state index in [0.717, 1.165) is 28.1 Å². The summed E-state index contributed by atoms with van der Waals surface area (Å²) in [6.45, 7) is 0. The molecule has 0 fully saturated rings. The van der Waals surface area contributed by atoms with Gasteiger partial charge in [0.1, 0.15) is 11.5 Å². The Balaban J connectivity index is 1.36. The summed E-state index contributed by atoms with van der Waals surface area (Å²) in [5.74, 6) is 0.842. The second-order valence-corrected chi connectivity index (χ2v) is 8.28. The topological polar surface area (TPSA) is 104 Å². The van der Waals surface area contributed by atoms with Gasteiger partial charge in [-0.2, -0.15) is 0 Å². The van der Waals surface area contributed by atoms with Gasteiger partial charge in [0.2, 0.25) is 5.91 Å². The minimum Gasteiger partial charge on any atom is -0.497 e. The molecule has 0 bridgehead atoms. The lowest BCUT2D eigenvalue weighted by Crippen LogP contribution is -2.15. The first kappa shape index (κ1) is 22.2. The number of rotatable bonds is 6. The van der Waals surface area contributed by atoms with Crippen molar-refractivity contribution in [1.82, 2.24) is 4.98 Å². The Morgan fingerprint density at radius 1 is 0.971 bits per heavy atom. The number of aromatic nitrogens is 1. The Morgan fingerprint density at radius 3 is 2.49 bits per heavy atom. The number of nitrogens with one attached hydrogen (secondary N) is 1. The monoisotopic (exact) mass is 465 g/mol. The molecule has 0 atom stereocenters. The van der Waals surface area contributed by atoms with Gasteiger partial charge in [0.15, 0.2) is 5.75 Å². The van der Waals surface area contributed by atoms with E-state index in [-0.39, 0.29) is 5.91 Å². The van der Waals surface area contributed by atoms with Crippen molar-refractivity contribution in [2.24, 2.45) is 5.73 Å². The summed E-state index contributed by atoms with van der Waals surface area (Å²) in [4.78, 5) is 29.3. The number of nitrogens with zero attached hydrogens (tertiary/aromatic N) is 1. The molecule has 0 aliphatic carbocycles. The first-order chi connectivity index (χ1) is 17.0. The molecule has 174 valence electrons. The molecule has 3 N–H and O–H groups in total. The van der Waals surface area contributed by atoms with E-state index in [1.165, 1.54) is 6.07 Å². The second kappa shape index (κ2) is 9.30. The van der Waals surface area contributed by atoms with E-state index in [1.807, 2.05) is 54.7 Å². The van der Waals surface area contributed by atoms with E-state index in [9.17, 15) is 9.59 Å². The summed E-state index contributed by atoms with van der Waals surface area (Å²) in [6.07, 6.45) is 3.06. The summed E-state index contributed by atoms with van der Waals surface area (Å²) in [5.41, 5.74) is 10.4. The van der Waals surface area contributed by atoms with E-state index in [0.29, 0.717) is 41.2 Å². The fraction of sp³-hybridized carbons (Fsp3) is 0.107. The Labute approximate surface area is 202 Å². The van der Waals surface area contributed by atoms with Crippen molar-refractivity contribution >= 4 is 17.5 Å². The fourth-order valence-electron chi connectivity index (χ4n) is 4.08. The zero-order valence-corrected chi connectivity index (χ0v) is 19.1. The molecular formula is C28H23N3O4. The fourth-order valence-corrected chi connectivity index (χ4v) is 4.08. The van der Waals surface area contributed by atoms with Crippen LogP contribution in [0.15, 0.2) is 79.0 Å². The van der Waals surface area contributed by atoms with Gasteiger partial charge in [-0.05, 0) is 65.6 Å². The maximum Gasteiger partial charge on any atom is 0.259 e. The van der Waals surface area contributed by atoms with Crippen molar-refractivity contribution in [3.8, 4) is 17.2 Å². The predicted octanol–water partition coefficient (Wildman–Crippen LogP) is 4.73. The normalized spacial score (nSPS) is 12.0. The number of hydrogen-bond acceptors (Lipinski definition) is 5. The van der Waals surface area contributed by atoms with Crippen LogP contribution in [0, 0.1) is 0 Å². The molecule has 7 nitrogen and oxygen atoms in total. The van der Waals surface area contributed by atoms with Crippen molar-refractivity contribution in [2.75, 3.05) is 12.4 Å². The first-order valence-electron chi connectivity index (χ1n) is 11.1. The van der Waals surface area contributed by atoms with Crippen LogP contribution in [0.5, 0.6) is 17.2 Å². The lowest BCUT2D eigenvalue weighted by atomic mass is 9.99. The molecule has 1 aliphatic rings. The van der Waals surface area contributed by atoms with Crippen LogP contribution in [0.2, 0.25) is 0 Å². The summed E-state index contributed by atoms with van der Waals surface area (Å²) >= 11 is 0. The van der Waals surface area contributed by atoms with Crippen LogP contribution in [0.4, 0.5) is 5.69 Å². The van der Waals surface area contributed by atoms with Crippen LogP contribution in [-0.2, 0) is 12.8 Å². The Kier molecular flexibility index (Phi) is 5.89. The zero-order valence-electron chi connectivity index (χ0n) is 19.1. The number of carbonyl (C=O) groups is 2. The number of carbonyl (C=O) groups excluding carboxylic acids is 2. The summed E-state index contributed by atoms with van der Waals surface area (Å²) < 4.78 is 11.2. The van der Waals surface area contributed by atoms with Gasteiger partial charge >= 0.3 is 0 Å². The average molecular weight is 466 g/mol. The maximum atomic E-state index is 13.1. The molecule has 2 amide bonds. The van der Waals surface area contributed by atoms with Crippen molar-refractivity contribution in [3.05, 3.63) is 113 Å². The predicted molar refractivity (Wildman–Crippen MR) is 132 cm³/mol. The van der Waals surface area contributed by atoms with E-state index < -0.39 is 5.91 Å². The number of methoxy groups -OCH3 is 1. The van der Waals surface area contributed by atoms with E-state index in [1.54, 1.807) is 25.3 Å². The number of anilines is 1. The summed E-state index contributed by atoms with van der Waals surface area (Å²) in [5, 5.41) is 2.85. The molecule has 0 unspecified atom stereocenters. The molecule has 0 saturated carbocycles. The van der Waals surface area contributed by atoms with Crippen LogP contribution < -0.4 is 20.5 Å². The first-order valence-corrected chi connectivity index (χ1v) is 11.1. The van der Waals surface area contributed by atoms with E-state index in [4.69, 9.17) is 15.2 Å². The van der Waals surface area contributed by atoms with Gasteiger partial charge in [-0.15, -0.1) is 0 Å². The van der Waals surface area contributed by atoms with Gasteiger partial charge in [0.05, 0.1) is 18.4 Å². The van der Waals surface area contributed by atoms with Gasteiger partial charge in [-0.25, -0.2) is 0 Å². The largest absolute Gasteiger partial charge is 0.497 e. The molecule has 2 heterocycles. The molecule has 35 heavy (non-hydrogen) atoms. The third-order valence-corrected chi connectivity index (χ3v) is 5.90. The molecule has 1 aliphatic heterocycles. The third kappa shape index (κ3) is 4.70. The second-order valence-electron chi connectivity index (χ2n) is 8.28. The number of nitrogens with two attached hydrogens (primary N) is 1. The van der Waals surface area contributed by atoms with E-state index >= 15 is 0 Å². The molecule has 0 saturated heterocycles. The SMILES string of the molecule is COc1ccc(Cc2ccc(Cc3cccc4c3C(=O)Nc3cc(C(N)=O)ccc3O4)cn2)cc1. The number of fused-ring (bicyclic) bond motifs is 2. The number of primary amides is 1. The lowest BCUT2D eigenvalue weighted by Gasteiger charge is -2.11. The van der Waals surface area contributed by atoms with Gasteiger partial charge in [0.25, 0.3) is 5.91 Å². The summed E-state index contributed by atoms with van der Waals surface area (Å²) in [6, 6.07) is 22.2. The lowest BCUT2D eigenvalue weighted by molar-refractivity contribution is 0.0996. The quantitative estimate of drug-likeness (QED) is 0.429. The highest BCUT2D eigenvalue weighted by atomic mass is 16.5. The highest BCUT2D eigenvalue weighted by Crippen LogP contribution is 2.37. The highest BCUT2D eigenvalue weighted by Gasteiger charge is 2.24. The minimum atomic E-state index is -0.576. The molecule has 4 aromatic rings. The van der Waals surface area contributed by atoms with Crippen LogP contribution in [0.3, 0.4) is 0 Å². The van der Waals surface area contributed by atoms with Crippen LogP contribution >= 0.6 is 0 Å². The number of pyridine rings is 1. The van der Waals surface area contributed by atoms with Crippen LogP contribution in [0.1, 0.15) is 43.1 Å². The van der Waals surface area contributed by atoms with Gasteiger partial charge in [-0.1, -0.05) is 30.3 Å². The molecular weight excluding hydrogens is 442 g/mol. The van der Waals surface area contributed by atoms with Gasteiger partial charge < -0.3 is 20.5 Å². The van der Waals surface area contributed by atoms with Gasteiger partial charge in [0, 0.05) is 23.9 Å². The Hall–Kier alpha value is -4.65. The Bertz CT molecular complexity index is 1410. The zero-order chi connectivity index (χ0) is 24.4.